The Bertz CT molecular complexity index is 578. The number of rotatable bonds is 5. The number of H-pyrrole nitrogens is 1. The van der Waals surface area contributed by atoms with Crippen molar-refractivity contribution < 1.29 is 14.6 Å². The molecule has 1 heterocycles. The van der Waals surface area contributed by atoms with Crippen LogP contribution in [0.3, 0.4) is 0 Å². The van der Waals surface area contributed by atoms with Gasteiger partial charge in [0.2, 0.25) is 0 Å². The molecule has 1 aromatic heterocycles. The van der Waals surface area contributed by atoms with Crippen LogP contribution < -0.4 is 5.73 Å². The first-order valence-corrected chi connectivity index (χ1v) is 6.35. The van der Waals surface area contributed by atoms with Crippen molar-refractivity contribution in [2.24, 2.45) is 5.73 Å². The molecule has 0 aliphatic rings. The number of hydrogen-bond donors (Lipinski definition) is 3. The summed E-state index contributed by atoms with van der Waals surface area (Å²) < 4.78 is 4.89. The van der Waals surface area contributed by atoms with Crippen LogP contribution in [0.5, 0.6) is 5.75 Å². The van der Waals surface area contributed by atoms with E-state index in [2.05, 4.69) is 10.2 Å². The number of nitrogens with one attached hydrogen (secondary N) is 1. The summed E-state index contributed by atoms with van der Waals surface area (Å²) in [6.07, 6.45) is 1.98. The highest BCUT2D eigenvalue weighted by atomic mass is 16.5. The second kappa shape index (κ2) is 6.21. The Labute approximate surface area is 116 Å². The first-order chi connectivity index (χ1) is 9.61. The Hall–Kier alpha value is -2.34. The fourth-order valence-corrected chi connectivity index (χ4v) is 1.91. The third-order valence-electron chi connectivity index (χ3n) is 2.90. The number of phenolic OH excluding ortho intramolecular Hbond substituents is 1. The minimum Gasteiger partial charge on any atom is -0.508 e. The van der Waals surface area contributed by atoms with Crippen molar-refractivity contribution in [2.75, 3.05) is 6.61 Å². The van der Waals surface area contributed by atoms with E-state index in [1.54, 1.807) is 37.4 Å². The Balaban J connectivity index is 2.16. The molecule has 106 valence electrons. The highest BCUT2D eigenvalue weighted by Crippen LogP contribution is 2.24. The number of aromatic hydroxyl groups is 1. The van der Waals surface area contributed by atoms with Crippen molar-refractivity contribution in [3.8, 4) is 17.0 Å². The fourth-order valence-electron chi connectivity index (χ4n) is 1.91. The van der Waals surface area contributed by atoms with E-state index in [1.807, 2.05) is 0 Å². The zero-order valence-corrected chi connectivity index (χ0v) is 11.2. The number of carbonyl (C=O) groups is 1. The Morgan fingerprint density at radius 1 is 1.45 bits per heavy atom. The molecule has 0 fully saturated rings. The lowest BCUT2D eigenvalue weighted by atomic mass is 10.0. The Morgan fingerprint density at radius 3 is 2.80 bits per heavy atom. The minimum absolute atomic E-state index is 0.193. The average molecular weight is 275 g/mol. The van der Waals surface area contributed by atoms with E-state index >= 15 is 0 Å². The molecule has 1 aromatic carbocycles. The molecule has 0 radical (unpaired) electrons. The van der Waals surface area contributed by atoms with Crippen LogP contribution in [0.25, 0.3) is 11.3 Å². The van der Waals surface area contributed by atoms with Gasteiger partial charge in [0, 0.05) is 12.0 Å². The third-order valence-corrected chi connectivity index (χ3v) is 2.90. The minimum atomic E-state index is -0.719. The topological polar surface area (TPSA) is 101 Å². The molecular formula is C14H17N3O3. The zero-order chi connectivity index (χ0) is 14.5. The molecule has 0 spiro atoms. The van der Waals surface area contributed by atoms with Crippen molar-refractivity contribution in [1.82, 2.24) is 10.2 Å². The van der Waals surface area contributed by atoms with Crippen LogP contribution in [-0.4, -0.2) is 33.9 Å². The van der Waals surface area contributed by atoms with E-state index in [0.717, 1.165) is 16.8 Å². The number of nitrogens with zero attached hydrogens (tertiary/aromatic N) is 1. The van der Waals surface area contributed by atoms with Gasteiger partial charge < -0.3 is 15.6 Å². The van der Waals surface area contributed by atoms with Gasteiger partial charge in [0.1, 0.15) is 11.8 Å². The van der Waals surface area contributed by atoms with Gasteiger partial charge in [-0.2, -0.15) is 5.10 Å². The van der Waals surface area contributed by atoms with Crippen LogP contribution in [0.1, 0.15) is 12.5 Å². The fraction of sp³-hybridized carbons (Fsp3) is 0.286. The average Bonchev–Trinajstić information content (AvgIpc) is 2.88. The van der Waals surface area contributed by atoms with Gasteiger partial charge in [-0.25, -0.2) is 0 Å². The molecule has 2 rings (SSSR count). The van der Waals surface area contributed by atoms with Gasteiger partial charge in [0.05, 0.1) is 18.5 Å². The van der Waals surface area contributed by atoms with Crippen molar-refractivity contribution in [2.45, 2.75) is 19.4 Å². The molecule has 0 aliphatic heterocycles. The number of hydrogen-bond acceptors (Lipinski definition) is 5. The summed E-state index contributed by atoms with van der Waals surface area (Å²) in [6, 6.07) is 5.99. The Morgan fingerprint density at radius 2 is 2.15 bits per heavy atom. The monoisotopic (exact) mass is 275 g/mol. The summed E-state index contributed by atoms with van der Waals surface area (Å²) in [6.45, 7) is 2.05. The van der Waals surface area contributed by atoms with Crippen molar-refractivity contribution >= 4 is 5.97 Å². The van der Waals surface area contributed by atoms with E-state index in [4.69, 9.17) is 10.5 Å². The molecular weight excluding hydrogens is 258 g/mol. The van der Waals surface area contributed by atoms with Crippen LogP contribution >= 0.6 is 0 Å². The summed E-state index contributed by atoms with van der Waals surface area (Å²) in [5, 5.41) is 16.2. The number of nitrogens with two attached hydrogens (primary N) is 1. The van der Waals surface area contributed by atoms with Gasteiger partial charge in [0.15, 0.2) is 0 Å². The standard InChI is InChI=1S/C14H17N3O3/c1-2-20-14(19)12(15)7-10-8-16-17-13(10)9-3-5-11(18)6-4-9/h3-6,8,12,18H,2,7,15H2,1H3,(H,16,17). The van der Waals surface area contributed by atoms with Crippen molar-refractivity contribution in [3.63, 3.8) is 0 Å². The maximum absolute atomic E-state index is 11.6. The van der Waals surface area contributed by atoms with Crippen LogP contribution in [0.15, 0.2) is 30.5 Å². The number of aromatic nitrogens is 2. The summed E-state index contributed by atoms with van der Waals surface area (Å²) in [5.41, 5.74) is 8.29. The number of esters is 1. The first kappa shape index (κ1) is 14.1. The highest BCUT2D eigenvalue weighted by molar-refractivity contribution is 5.76. The molecule has 0 aliphatic carbocycles. The summed E-state index contributed by atoms with van der Waals surface area (Å²) >= 11 is 0. The van der Waals surface area contributed by atoms with Gasteiger partial charge in [-0.1, -0.05) is 0 Å². The summed E-state index contributed by atoms with van der Waals surface area (Å²) in [4.78, 5) is 11.6. The lowest BCUT2D eigenvalue weighted by molar-refractivity contribution is -0.144. The van der Waals surface area contributed by atoms with Crippen LogP contribution in [0.4, 0.5) is 0 Å². The quantitative estimate of drug-likeness (QED) is 0.712. The molecule has 1 unspecified atom stereocenters. The van der Waals surface area contributed by atoms with E-state index < -0.39 is 12.0 Å². The molecule has 0 bridgehead atoms. The third kappa shape index (κ3) is 3.16. The number of aromatic amines is 1. The molecule has 0 amide bonds. The van der Waals surface area contributed by atoms with E-state index in [1.165, 1.54) is 0 Å². The number of phenols is 1. The van der Waals surface area contributed by atoms with Gasteiger partial charge >= 0.3 is 5.97 Å². The van der Waals surface area contributed by atoms with Crippen LogP contribution in [-0.2, 0) is 16.0 Å². The maximum Gasteiger partial charge on any atom is 0.323 e. The SMILES string of the molecule is CCOC(=O)C(N)Cc1cn[nH]c1-c1ccc(O)cc1. The zero-order valence-electron chi connectivity index (χ0n) is 11.2. The van der Waals surface area contributed by atoms with Crippen molar-refractivity contribution in [3.05, 3.63) is 36.0 Å². The molecule has 20 heavy (non-hydrogen) atoms. The predicted octanol–water partition coefficient (Wildman–Crippen LogP) is 1.22. The summed E-state index contributed by atoms with van der Waals surface area (Å²) in [7, 11) is 0. The highest BCUT2D eigenvalue weighted by Gasteiger charge is 2.18. The normalized spacial score (nSPS) is 12.1. The lowest BCUT2D eigenvalue weighted by Crippen LogP contribution is -2.34. The van der Waals surface area contributed by atoms with Gasteiger partial charge in [0.25, 0.3) is 0 Å². The smallest absolute Gasteiger partial charge is 0.323 e. The van der Waals surface area contributed by atoms with Crippen LogP contribution in [0.2, 0.25) is 0 Å². The van der Waals surface area contributed by atoms with Crippen molar-refractivity contribution in [1.29, 1.82) is 0 Å². The first-order valence-electron chi connectivity index (χ1n) is 6.35. The van der Waals surface area contributed by atoms with E-state index in [9.17, 15) is 9.90 Å². The molecule has 6 nitrogen and oxygen atoms in total. The summed E-state index contributed by atoms with van der Waals surface area (Å²) in [5.74, 6) is -0.233. The number of ether oxygens (including phenoxy) is 1. The largest absolute Gasteiger partial charge is 0.508 e. The molecule has 2 aromatic rings. The second-order valence-corrected chi connectivity index (χ2v) is 4.38. The predicted molar refractivity (Wildman–Crippen MR) is 74.0 cm³/mol. The molecule has 0 saturated heterocycles. The van der Waals surface area contributed by atoms with Crippen LogP contribution in [0, 0.1) is 0 Å². The molecule has 6 heteroatoms. The van der Waals surface area contributed by atoms with E-state index in [0.29, 0.717) is 13.0 Å². The Kier molecular flexibility index (Phi) is 4.37. The molecule has 0 saturated carbocycles. The second-order valence-electron chi connectivity index (χ2n) is 4.38. The van der Waals surface area contributed by atoms with Gasteiger partial charge in [-0.3, -0.25) is 9.89 Å². The van der Waals surface area contributed by atoms with E-state index in [-0.39, 0.29) is 5.75 Å². The number of benzene rings is 1. The lowest BCUT2D eigenvalue weighted by Gasteiger charge is -2.10. The number of carbonyl (C=O) groups excluding carboxylic acids is 1. The van der Waals surface area contributed by atoms with Gasteiger partial charge in [-0.15, -0.1) is 0 Å². The molecule has 1 atom stereocenters. The maximum atomic E-state index is 11.6. The molecule has 4 N–H and O–H groups in total. The van der Waals surface area contributed by atoms with Gasteiger partial charge in [-0.05, 0) is 36.8 Å².